The zero-order valence-electron chi connectivity index (χ0n) is 10.8. The van der Waals surface area contributed by atoms with E-state index in [4.69, 9.17) is 4.18 Å². The zero-order valence-corrected chi connectivity index (χ0v) is 11.6. The standard InChI is InChI=1S/C14H20O3S/c1-3-5-6-9-13-10-7-8-11-14(13)18(15,16)17-12-4-2/h4,7-8,10-11H,2-3,5-6,9,12H2,1H3. The van der Waals surface area contributed by atoms with Crippen molar-refractivity contribution in [1.29, 1.82) is 0 Å². The van der Waals surface area contributed by atoms with E-state index in [1.165, 1.54) is 6.08 Å². The first kappa shape index (κ1) is 14.9. The van der Waals surface area contributed by atoms with Crippen molar-refractivity contribution in [2.75, 3.05) is 6.61 Å². The predicted molar refractivity (Wildman–Crippen MR) is 73.0 cm³/mol. The first-order chi connectivity index (χ1) is 8.61. The van der Waals surface area contributed by atoms with Gasteiger partial charge in [0.05, 0.1) is 11.5 Å². The van der Waals surface area contributed by atoms with Crippen LogP contribution in [-0.2, 0) is 20.7 Å². The lowest BCUT2D eigenvalue weighted by molar-refractivity contribution is 0.357. The van der Waals surface area contributed by atoms with Crippen LogP contribution in [0.3, 0.4) is 0 Å². The molecular formula is C14H20O3S. The Hall–Kier alpha value is -1.13. The maximum Gasteiger partial charge on any atom is 0.297 e. The molecule has 0 radical (unpaired) electrons. The Kier molecular flexibility index (Phi) is 6.09. The number of rotatable bonds is 8. The number of benzene rings is 1. The molecule has 1 rings (SSSR count). The SMILES string of the molecule is C=CCOS(=O)(=O)c1ccccc1CCCCC. The van der Waals surface area contributed by atoms with Crippen LogP contribution < -0.4 is 0 Å². The maximum absolute atomic E-state index is 12.0. The second-order valence-corrected chi connectivity index (χ2v) is 5.68. The lowest BCUT2D eigenvalue weighted by Crippen LogP contribution is -2.09. The molecule has 0 bridgehead atoms. The van der Waals surface area contributed by atoms with Crippen molar-refractivity contribution in [3.63, 3.8) is 0 Å². The molecule has 0 aliphatic heterocycles. The van der Waals surface area contributed by atoms with Crippen molar-refractivity contribution in [2.45, 2.75) is 37.5 Å². The van der Waals surface area contributed by atoms with E-state index in [1.807, 2.05) is 12.1 Å². The summed E-state index contributed by atoms with van der Waals surface area (Å²) in [6.07, 6.45) is 5.40. The predicted octanol–water partition coefficient (Wildman–Crippen LogP) is 3.31. The van der Waals surface area contributed by atoms with E-state index in [2.05, 4.69) is 13.5 Å². The van der Waals surface area contributed by atoms with Gasteiger partial charge in [0.25, 0.3) is 10.1 Å². The molecule has 0 saturated carbocycles. The van der Waals surface area contributed by atoms with Gasteiger partial charge in [0, 0.05) is 0 Å². The third-order valence-corrected chi connectivity index (χ3v) is 4.02. The number of hydrogen-bond donors (Lipinski definition) is 0. The molecule has 0 aromatic heterocycles. The van der Waals surface area contributed by atoms with Crippen LogP contribution >= 0.6 is 0 Å². The second kappa shape index (κ2) is 7.34. The molecule has 0 N–H and O–H groups in total. The maximum atomic E-state index is 12.0. The van der Waals surface area contributed by atoms with Gasteiger partial charge in [-0.05, 0) is 24.5 Å². The minimum atomic E-state index is -3.66. The monoisotopic (exact) mass is 268 g/mol. The van der Waals surface area contributed by atoms with Gasteiger partial charge in [-0.15, -0.1) is 6.58 Å². The normalized spacial score (nSPS) is 11.4. The van der Waals surface area contributed by atoms with Crippen LogP contribution in [0.25, 0.3) is 0 Å². The van der Waals surface area contributed by atoms with E-state index >= 15 is 0 Å². The van der Waals surface area contributed by atoms with Crippen LogP contribution in [0.5, 0.6) is 0 Å². The summed E-state index contributed by atoms with van der Waals surface area (Å²) in [6, 6.07) is 7.01. The lowest BCUT2D eigenvalue weighted by Gasteiger charge is -2.09. The second-order valence-electron chi connectivity index (χ2n) is 4.09. The largest absolute Gasteiger partial charge is 0.297 e. The van der Waals surface area contributed by atoms with Crippen molar-refractivity contribution < 1.29 is 12.6 Å². The average molecular weight is 268 g/mol. The van der Waals surface area contributed by atoms with Crippen LogP contribution in [0, 0.1) is 0 Å². The Morgan fingerprint density at radius 1 is 1.28 bits per heavy atom. The fourth-order valence-electron chi connectivity index (χ4n) is 1.72. The van der Waals surface area contributed by atoms with Crippen molar-refractivity contribution >= 4 is 10.1 Å². The molecule has 0 saturated heterocycles. The van der Waals surface area contributed by atoms with E-state index in [1.54, 1.807) is 12.1 Å². The minimum absolute atomic E-state index is 0.00558. The molecule has 0 heterocycles. The third kappa shape index (κ3) is 4.27. The summed E-state index contributed by atoms with van der Waals surface area (Å²) in [6.45, 7) is 5.58. The van der Waals surface area contributed by atoms with Crippen molar-refractivity contribution in [3.05, 3.63) is 42.5 Å². The molecule has 1 aromatic carbocycles. The third-order valence-electron chi connectivity index (χ3n) is 2.63. The van der Waals surface area contributed by atoms with Gasteiger partial charge < -0.3 is 0 Å². The minimum Gasteiger partial charge on any atom is -0.262 e. The zero-order chi connectivity index (χ0) is 13.4. The highest BCUT2D eigenvalue weighted by atomic mass is 32.2. The fourth-order valence-corrected chi connectivity index (χ4v) is 2.86. The van der Waals surface area contributed by atoms with Crippen LogP contribution in [0.1, 0.15) is 31.7 Å². The van der Waals surface area contributed by atoms with Gasteiger partial charge in [0.2, 0.25) is 0 Å². The Morgan fingerprint density at radius 3 is 2.67 bits per heavy atom. The molecule has 0 fully saturated rings. The van der Waals surface area contributed by atoms with Gasteiger partial charge in [-0.2, -0.15) is 8.42 Å². The van der Waals surface area contributed by atoms with Crippen LogP contribution in [-0.4, -0.2) is 15.0 Å². The first-order valence-electron chi connectivity index (χ1n) is 6.20. The summed E-state index contributed by atoms with van der Waals surface area (Å²) in [4.78, 5) is 0.281. The van der Waals surface area contributed by atoms with Crippen LogP contribution in [0.15, 0.2) is 41.8 Å². The summed E-state index contributed by atoms with van der Waals surface area (Å²) in [5, 5.41) is 0. The van der Waals surface area contributed by atoms with E-state index in [0.29, 0.717) is 0 Å². The highest BCUT2D eigenvalue weighted by molar-refractivity contribution is 7.86. The van der Waals surface area contributed by atoms with Gasteiger partial charge >= 0.3 is 0 Å². The van der Waals surface area contributed by atoms with Crippen molar-refractivity contribution in [3.8, 4) is 0 Å². The molecule has 1 aromatic rings. The van der Waals surface area contributed by atoms with Crippen LogP contribution in [0.4, 0.5) is 0 Å². The molecule has 0 atom stereocenters. The van der Waals surface area contributed by atoms with Gasteiger partial charge in [-0.25, -0.2) is 0 Å². The van der Waals surface area contributed by atoms with Gasteiger partial charge in [0.15, 0.2) is 0 Å². The topological polar surface area (TPSA) is 43.4 Å². The Bertz CT molecular complexity index is 478. The number of hydrogen-bond acceptors (Lipinski definition) is 3. The van der Waals surface area contributed by atoms with Crippen LogP contribution in [0.2, 0.25) is 0 Å². The number of aryl methyl sites for hydroxylation is 1. The highest BCUT2D eigenvalue weighted by Gasteiger charge is 2.18. The summed E-state index contributed by atoms with van der Waals surface area (Å²) >= 11 is 0. The molecule has 3 nitrogen and oxygen atoms in total. The molecule has 18 heavy (non-hydrogen) atoms. The molecular weight excluding hydrogens is 248 g/mol. The lowest BCUT2D eigenvalue weighted by atomic mass is 10.1. The first-order valence-corrected chi connectivity index (χ1v) is 7.61. The molecule has 0 aliphatic rings. The van der Waals surface area contributed by atoms with E-state index < -0.39 is 10.1 Å². The Morgan fingerprint density at radius 2 is 2.00 bits per heavy atom. The summed E-state index contributed by atoms with van der Waals surface area (Å²) in [5.41, 5.74) is 0.829. The molecule has 100 valence electrons. The van der Waals surface area contributed by atoms with Gasteiger partial charge in [0.1, 0.15) is 0 Å². The molecule has 0 unspecified atom stereocenters. The van der Waals surface area contributed by atoms with E-state index in [0.717, 1.165) is 31.2 Å². The van der Waals surface area contributed by atoms with Gasteiger partial charge in [-0.1, -0.05) is 44.0 Å². The average Bonchev–Trinajstić information content (AvgIpc) is 2.37. The fraction of sp³-hybridized carbons (Fsp3) is 0.429. The summed E-state index contributed by atoms with van der Waals surface area (Å²) in [5.74, 6) is 0. The van der Waals surface area contributed by atoms with Crippen molar-refractivity contribution in [1.82, 2.24) is 0 Å². The van der Waals surface area contributed by atoms with Crippen molar-refractivity contribution in [2.24, 2.45) is 0 Å². The van der Waals surface area contributed by atoms with E-state index in [-0.39, 0.29) is 11.5 Å². The molecule has 0 aliphatic carbocycles. The summed E-state index contributed by atoms with van der Waals surface area (Å²) in [7, 11) is -3.66. The Labute approximate surface area is 110 Å². The molecule has 0 spiro atoms. The molecule has 4 heteroatoms. The van der Waals surface area contributed by atoms with Gasteiger partial charge in [-0.3, -0.25) is 4.18 Å². The van der Waals surface area contributed by atoms with E-state index in [9.17, 15) is 8.42 Å². The molecule has 0 amide bonds. The summed E-state index contributed by atoms with van der Waals surface area (Å²) < 4.78 is 28.8. The quantitative estimate of drug-likeness (QED) is 0.413. The Balaban J connectivity index is 2.90. The smallest absolute Gasteiger partial charge is 0.262 e. The highest BCUT2D eigenvalue weighted by Crippen LogP contribution is 2.20. The number of unbranched alkanes of at least 4 members (excludes halogenated alkanes) is 2.